The van der Waals surface area contributed by atoms with Crippen molar-refractivity contribution < 1.29 is 14.3 Å². The molecule has 0 spiro atoms. The highest BCUT2D eigenvalue weighted by Gasteiger charge is 2.12. The van der Waals surface area contributed by atoms with Gasteiger partial charge in [-0.15, -0.1) is 0 Å². The van der Waals surface area contributed by atoms with Crippen molar-refractivity contribution >= 4 is 6.29 Å². The summed E-state index contributed by atoms with van der Waals surface area (Å²) < 4.78 is 11.1. The molecule has 0 saturated carbocycles. The van der Waals surface area contributed by atoms with Gasteiger partial charge in [0.15, 0.2) is 6.29 Å². The van der Waals surface area contributed by atoms with Crippen LogP contribution in [0.3, 0.4) is 0 Å². The van der Waals surface area contributed by atoms with Crippen LogP contribution in [0.1, 0.15) is 126 Å². The van der Waals surface area contributed by atoms with Gasteiger partial charge in [-0.3, -0.25) is 4.79 Å². The van der Waals surface area contributed by atoms with E-state index in [4.69, 9.17) is 9.47 Å². The summed E-state index contributed by atoms with van der Waals surface area (Å²) in [4.78, 5) is 11.1. The maximum Gasteiger partial charge on any atom is 0.290 e. The minimum Gasteiger partial charge on any atom is -0.468 e. The lowest BCUT2D eigenvalue weighted by Gasteiger charge is -2.15. The number of unbranched alkanes of at least 4 members (excludes halogenated alkanes) is 6. The van der Waals surface area contributed by atoms with E-state index >= 15 is 0 Å². The quantitative estimate of drug-likeness (QED) is 0.127. The summed E-state index contributed by atoms with van der Waals surface area (Å²) in [5.41, 5.74) is 1.74. The first-order chi connectivity index (χ1) is 13.5. The first-order valence-corrected chi connectivity index (χ1v) is 11.6. The molecule has 0 radical (unpaired) electrons. The number of hydrogen-bond acceptors (Lipinski definition) is 3. The maximum absolute atomic E-state index is 11.1. The second-order valence-corrected chi connectivity index (χ2v) is 6.93. The largest absolute Gasteiger partial charge is 0.468 e. The maximum atomic E-state index is 11.1. The van der Waals surface area contributed by atoms with E-state index in [9.17, 15) is 4.79 Å². The van der Waals surface area contributed by atoms with E-state index in [1.807, 2.05) is 34.6 Å². The predicted molar refractivity (Wildman–Crippen MR) is 124 cm³/mol. The van der Waals surface area contributed by atoms with Gasteiger partial charge in [0, 0.05) is 6.42 Å². The Morgan fingerprint density at radius 2 is 1.25 bits per heavy atom. The molecule has 3 nitrogen and oxygen atoms in total. The van der Waals surface area contributed by atoms with E-state index in [1.54, 1.807) is 7.11 Å². The number of hydrogen-bond donors (Lipinski definition) is 0. The first kappa shape index (κ1) is 31.4. The molecule has 0 aromatic carbocycles. The minimum absolute atomic E-state index is 0.355. The van der Waals surface area contributed by atoms with Crippen LogP contribution in [0.2, 0.25) is 0 Å². The molecule has 0 N–H and O–H groups in total. The molecule has 28 heavy (non-hydrogen) atoms. The van der Waals surface area contributed by atoms with Crippen LogP contribution >= 0.6 is 0 Å². The third-order valence-electron chi connectivity index (χ3n) is 4.10. The molecular weight excluding hydrogens is 348 g/mol. The van der Waals surface area contributed by atoms with Crippen LogP contribution in [0.4, 0.5) is 0 Å². The molecule has 0 bridgehead atoms. The molecule has 0 aromatic rings. The van der Waals surface area contributed by atoms with E-state index in [0.29, 0.717) is 17.9 Å². The summed E-state index contributed by atoms with van der Waals surface area (Å²) in [7, 11) is 1.55. The predicted octanol–water partition coefficient (Wildman–Crippen LogP) is 8.74. The Bertz CT molecular complexity index is 387. The monoisotopic (exact) mass is 398 g/mol. The number of ether oxygens (including phenoxy) is 2. The minimum atomic E-state index is 0.355. The highest BCUT2D eigenvalue weighted by molar-refractivity contribution is 5.73. The molecular formula is C25H50O3. The standard InChI is InChI=1S/C17H30O3.C6H14.C2H6/c1-6-8-9-10-12-16(14(3)4)20-17(19-5)15(13-18)11-7-2;1-3-5-6-4-2;1-2/h13H,6-12H2,1-5H3;3-6H2,1-2H3;1-2H3/b17-15-;;. The highest BCUT2D eigenvalue weighted by atomic mass is 16.7. The van der Waals surface area contributed by atoms with Gasteiger partial charge in [-0.1, -0.05) is 92.9 Å². The summed E-state index contributed by atoms with van der Waals surface area (Å²) in [6.07, 6.45) is 13.6. The van der Waals surface area contributed by atoms with E-state index < -0.39 is 0 Å². The molecule has 0 aliphatic rings. The molecule has 0 saturated heterocycles. The summed E-state index contributed by atoms with van der Waals surface area (Å²) in [6, 6.07) is 0. The van der Waals surface area contributed by atoms with E-state index in [2.05, 4.69) is 20.8 Å². The highest BCUT2D eigenvalue weighted by Crippen LogP contribution is 2.22. The van der Waals surface area contributed by atoms with Crippen LogP contribution in [0.5, 0.6) is 0 Å². The Morgan fingerprint density at radius 1 is 0.750 bits per heavy atom. The summed E-state index contributed by atoms with van der Waals surface area (Å²) >= 11 is 0. The lowest BCUT2D eigenvalue weighted by Crippen LogP contribution is -2.03. The average molecular weight is 399 g/mol. The molecule has 0 heterocycles. The fourth-order valence-electron chi connectivity index (χ4n) is 2.44. The number of aldehydes is 1. The van der Waals surface area contributed by atoms with Gasteiger partial charge in [0.2, 0.25) is 0 Å². The van der Waals surface area contributed by atoms with Crippen LogP contribution in [0, 0.1) is 0 Å². The van der Waals surface area contributed by atoms with Crippen LogP contribution in [0.15, 0.2) is 22.9 Å². The Balaban J connectivity index is -0.000000660. The molecule has 3 heteroatoms. The van der Waals surface area contributed by atoms with E-state index in [-0.39, 0.29) is 0 Å². The smallest absolute Gasteiger partial charge is 0.290 e. The van der Waals surface area contributed by atoms with Crippen molar-refractivity contribution in [3.05, 3.63) is 22.9 Å². The fourth-order valence-corrected chi connectivity index (χ4v) is 2.44. The zero-order valence-electron chi connectivity index (χ0n) is 20.6. The molecule has 0 rings (SSSR count). The van der Waals surface area contributed by atoms with Crippen LogP contribution in [-0.2, 0) is 14.3 Å². The third kappa shape index (κ3) is 19.5. The van der Waals surface area contributed by atoms with Crippen LogP contribution in [0.25, 0.3) is 0 Å². The number of carbonyl (C=O) groups excluding carboxylic acids is 1. The summed E-state index contributed by atoms with van der Waals surface area (Å²) in [6.45, 7) is 16.8. The lowest BCUT2D eigenvalue weighted by molar-refractivity contribution is -0.105. The number of rotatable bonds is 14. The number of carbonyl (C=O) groups is 1. The first-order valence-electron chi connectivity index (χ1n) is 11.6. The second kappa shape index (κ2) is 25.8. The third-order valence-corrected chi connectivity index (χ3v) is 4.10. The Kier molecular flexibility index (Phi) is 28.9. The second-order valence-electron chi connectivity index (χ2n) is 6.93. The SMILES string of the molecule is CC.CCCCCC.CCCCCCC(O/C(OC)=C(\C=O)CCC)=C(C)C. The Hall–Kier alpha value is -1.25. The Morgan fingerprint density at radius 3 is 1.61 bits per heavy atom. The van der Waals surface area contributed by atoms with Gasteiger partial charge in [0.05, 0.1) is 12.7 Å². The molecule has 0 amide bonds. The van der Waals surface area contributed by atoms with Gasteiger partial charge < -0.3 is 9.47 Å². The summed E-state index contributed by atoms with van der Waals surface area (Å²) in [5.74, 6) is 1.28. The van der Waals surface area contributed by atoms with Crippen molar-refractivity contribution in [2.75, 3.05) is 7.11 Å². The van der Waals surface area contributed by atoms with Crippen molar-refractivity contribution in [2.45, 2.75) is 126 Å². The van der Waals surface area contributed by atoms with Gasteiger partial charge in [0.1, 0.15) is 5.76 Å². The Labute approximate surface area is 177 Å². The summed E-state index contributed by atoms with van der Waals surface area (Å²) in [5, 5.41) is 0. The lowest BCUT2D eigenvalue weighted by atomic mass is 10.1. The van der Waals surface area contributed by atoms with Crippen molar-refractivity contribution in [3.8, 4) is 0 Å². The van der Waals surface area contributed by atoms with E-state index in [0.717, 1.165) is 36.9 Å². The van der Waals surface area contributed by atoms with Crippen molar-refractivity contribution in [2.24, 2.45) is 0 Å². The molecule has 0 aromatic heterocycles. The van der Waals surface area contributed by atoms with Crippen molar-refractivity contribution in [3.63, 3.8) is 0 Å². The van der Waals surface area contributed by atoms with Crippen LogP contribution < -0.4 is 0 Å². The van der Waals surface area contributed by atoms with Crippen LogP contribution in [-0.4, -0.2) is 13.4 Å². The van der Waals surface area contributed by atoms with Gasteiger partial charge in [-0.2, -0.15) is 0 Å². The van der Waals surface area contributed by atoms with Gasteiger partial charge in [-0.25, -0.2) is 0 Å². The molecule has 0 unspecified atom stereocenters. The fraction of sp³-hybridized carbons (Fsp3) is 0.800. The van der Waals surface area contributed by atoms with Crippen molar-refractivity contribution in [1.82, 2.24) is 0 Å². The zero-order chi connectivity index (χ0) is 22.2. The topological polar surface area (TPSA) is 35.5 Å². The van der Waals surface area contributed by atoms with Gasteiger partial charge >= 0.3 is 0 Å². The molecule has 0 atom stereocenters. The molecule has 0 fully saturated rings. The zero-order valence-corrected chi connectivity index (χ0v) is 20.6. The molecule has 168 valence electrons. The molecule has 0 aliphatic heterocycles. The normalized spacial score (nSPS) is 10.5. The number of allylic oxidation sites excluding steroid dienone is 3. The number of methoxy groups -OCH3 is 1. The van der Waals surface area contributed by atoms with Gasteiger partial charge in [0.25, 0.3) is 5.95 Å². The van der Waals surface area contributed by atoms with E-state index in [1.165, 1.54) is 44.9 Å². The van der Waals surface area contributed by atoms with Crippen molar-refractivity contribution in [1.29, 1.82) is 0 Å². The molecule has 0 aliphatic carbocycles. The average Bonchev–Trinajstić information content (AvgIpc) is 2.72. The van der Waals surface area contributed by atoms with Gasteiger partial charge in [-0.05, 0) is 32.3 Å².